The third-order valence-electron chi connectivity index (χ3n) is 3.09. The summed E-state index contributed by atoms with van der Waals surface area (Å²) in [5, 5.41) is 5.92. The van der Waals surface area contributed by atoms with Crippen LogP contribution in [0.4, 0.5) is 0 Å². The smallest absolute Gasteiger partial charge is 0.253 e. The number of nitrogens with zero attached hydrogens (tertiary/aromatic N) is 2. The van der Waals surface area contributed by atoms with E-state index >= 15 is 0 Å². The van der Waals surface area contributed by atoms with E-state index in [9.17, 15) is 4.79 Å². The molecule has 0 saturated heterocycles. The number of amides is 1. The molecule has 0 bridgehead atoms. The molecular formula is C13H17N3OS. The van der Waals surface area contributed by atoms with Gasteiger partial charge >= 0.3 is 0 Å². The number of carbonyl (C=O) groups is 1. The molecule has 0 saturated carbocycles. The Kier molecular flexibility index (Phi) is 3.81. The average molecular weight is 263 g/mol. The van der Waals surface area contributed by atoms with Crippen molar-refractivity contribution in [2.75, 3.05) is 0 Å². The van der Waals surface area contributed by atoms with Gasteiger partial charge in [-0.2, -0.15) is 0 Å². The molecule has 2 aromatic heterocycles. The fourth-order valence-corrected chi connectivity index (χ4v) is 2.60. The molecule has 2 aromatic rings. The van der Waals surface area contributed by atoms with Crippen molar-refractivity contribution < 1.29 is 4.79 Å². The molecule has 0 radical (unpaired) electrons. The molecule has 0 unspecified atom stereocenters. The summed E-state index contributed by atoms with van der Waals surface area (Å²) < 4.78 is 1.94. The van der Waals surface area contributed by atoms with E-state index in [0.29, 0.717) is 0 Å². The Hall–Kier alpha value is -1.62. The average Bonchev–Trinajstić information content (AvgIpc) is 2.98. The molecule has 1 atom stereocenters. The second-order valence-corrected chi connectivity index (χ2v) is 5.16. The summed E-state index contributed by atoms with van der Waals surface area (Å²) in [5.41, 5.74) is 1.70. The maximum atomic E-state index is 12.2. The number of hydrogen-bond acceptors (Lipinski definition) is 3. The maximum Gasteiger partial charge on any atom is 0.253 e. The number of aromatic nitrogens is 2. The molecule has 1 amide bonds. The third-order valence-corrected chi connectivity index (χ3v) is 3.98. The van der Waals surface area contributed by atoms with Crippen molar-refractivity contribution in [3.05, 3.63) is 40.1 Å². The van der Waals surface area contributed by atoms with Crippen LogP contribution in [0.15, 0.2) is 23.8 Å². The molecular weight excluding hydrogens is 246 g/mol. The molecule has 5 heteroatoms. The third kappa shape index (κ3) is 2.46. The van der Waals surface area contributed by atoms with E-state index in [1.807, 2.05) is 43.1 Å². The number of thiazole rings is 1. The molecule has 0 aromatic carbocycles. The highest BCUT2D eigenvalue weighted by atomic mass is 32.1. The fourth-order valence-electron chi connectivity index (χ4n) is 1.83. The van der Waals surface area contributed by atoms with Crippen molar-refractivity contribution in [1.82, 2.24) is 14.9 Å². The van der Waals surface area contributed by atoms with Gasteiger partial charge in [0.2, 0.25) is 0 Å². The van der Waals surface area contributed by atoms with Gasteiger partial charge in [0, 0.05) is 30.5 Å². The van der Waals surface area contributed by atoms with Crippen LogP contribution in [0.1, 0.15) is 40.4 Å². The van der Waals surface area contributed by atoms with Crippen LogP contribution in [0.3, 0.4) is 0 Å². The molecule has 0 spiro atoms. The minimum Gasteiger partial charge on any atom is -0.354 e. The lowest BCUT2D eigenvalue weighted by atomic mass is 10.2. The first kappa shape index (κ1) is 12.8. The van der Waals surface area contributed by atoms with E-state index in [4.69, 9.17) is 0 Å². The summed E-state index contributed by atoms with van der Waals surface area (Å²) in [6.45, 7) is 3.99. The van der Waals surface area contributed by atoms with E-state index < -0.39 is 0 Å². The second-order valence-electron chi connectivity index (χ2n) is 4.23. The fraction of sp³-hybridized carbons (Fsp3) is 0.385. The zero-order chi connectivity index (χ0) is 13.1. The number of carbonyl (C=O) groups excluding carboxylic acids is 1. The summed E-state index contributed by atoms with van der Waals surface area (Å²) in [7, 11) is 1.93. The van der Waals surface area contributed by atoms with Crippen molar-refractivity contribution in [3.8, 4) is 0 Å². The topological polar surface area (TPSA) is 46.9 Å². The molecule has 96 valence electrons. The van der Waals surface area contributed by atoms with Crippen molar-refractivity contribution in [1.29, 1.82) is 0 Å². The molecule has 1 N–H and O–H groups in total. The lowest BCUT2D eigenvalue weighted by Crippen LogP contribution is -2.28. The van der Waals surface area contributed by atoms with Crippen LogP contribution < -0.4 is 5.32 Å². The highest BCUT2D eigenvalue weighted by molar-refractivity contribution is 7.09. The summed E-state index contributed by atoms with van der Waals surface area (Å²) in [5.74, 6) is -0.0323. The number of hydrogen-bond donors (Lipinski definition) is 1. The Morgan fingerprint density at radius 3 is 2.89 bits per heavy atom. The van der Waals surface area contributed by atoms with E-state index in [2.05, 4.69) is 10.3 Å². The maximum absolute atomic E-state index is 12.2. The second kappa shape index (κ2) is 5.35. The van der Waals surface area contributed by atoms with Crippen LogP contribution >= 0.6 is 11.3 Å². The van der Waals surface area contributed by atoms with Crippen molar-refractivity contribution in [2.24, 2.45) is 7.05 Å². The molecule has 0 aliphatic rings. The number of aryl methyl sites for hydroxylation is 1. The largest absolute Gasteiger partial charge is 0.354 e. The summed E-state index contributed by atoms with van der Waals surface area (Å²) in [6, 6.07) is 1.84. The van der Waals surface area contributed by atoms with E-state index in [0.717, 1.165) is 22.7 Å². The van der Waals surface area contributed by atoms with Gasteiger partial charge in [0.25, 0.3) is 5.91 Å². The summed E-state index contributed by atoms with van der Waals surface area (Å²) >= 11 is 1.57. The Morgan fingerprint density at radius 2 is 2.39 bits per heavy atom. The molecule has 0 fully saturated rings. The Bertz CT molecular complexity index is 530. The van der Waals surface area contributed by atoms with Gasteiger partial charge in [0.15, 0.2) is 0 Å². The minimum atomic E-state index is -0.0323. The van der Waals surface area contributed by atoms with Gasteiger partial charge in [0.05, 0.1) is 11.6 Å². The first-order chi connectivity index (χ1) is 8.63. The van der Waals surface area contributed by atoms with Crippen molar-refractivity contribution in [3.63, 3.8) is 0 Å². The predicted octanol–water partition coefficient (Wildman–Crippen LogP) is 2.67. The van der Waals surface area contributed by atoms with Gasteiger partial charge in [0.1, 0.15) is 5.01 Å². The zero-order valence-corrected chi connectivity index (χ0v) is 11.6. The molecule has 0 aliphatic heterocycles. The van der Waals surface area contributed by atoms with Gasteiger partial charge in [-0.05, 0) is 19.4 Å². The van der Waals surface area contributed by atoms with Crippen LogP contribution in [0, 0.1) is 6.92 Å². The normalized spacial score (nSPS) is 12.4. The van der Waals surface area contributed by atoms with Crippen LogP contribution in [0.5, 0.6) is 0 Å². The molecule has 0 aliphatic carbocycles. The van der Waals surface area contributed by atoms with Gasteiger partial charge in [-0.3, -0.25) is 4.79 Å². The van der Waals surface area contributed by atoms with Crippen LogP contribution in [-0.4, -0.2) is 15.5 Å². The molecule has 18 heavy (non-hydrogen) atoms. The van der Waals surface area contributed by atoms with Gasteiger partial charge in [-0.1, -0.05) is 6.92 Å². The summed E-state index contributed by atoms with van der Waals surface area (Å²) in [4.78, 5) is 16.5. The Labute approximate surface area is 111 Å². The quantitative estimate of drug-likeness (QED) is 0.922. The number of nitrogens with one attached hydrogen (secondary N) is 1. The van der Waals surface area contributed by atoms with Crippen molar-refractivity contribution in [2.45, 2.75) is 26.3 Å². The highest BCUT2D eigenvalue weighted by Gasteiger charge is 2.18. The van der Waals surface area contributed by atoms with Crippen LogP contribution in [0.2, 0.25) is 0 Å². The SMILES string of the molecule is CC[C@@H](NC(=O)c1ccn(C)c1C)c1nccs1. The standard InChI is InChI=1S/C13H17N3OS/c1-4-11(13-14-6-8-18-13)15-12(17)10-5-7-16(3)9(10)2/h5-8,11H,4H2,1-3H3,(H,15,17)/t11-/m1/s1. The first-order valence-corrected chi connectivity index (χ1v) is 6.83. The zero-order valence-electron chi connectivity index (χ0n) is 10.8. The molecule has 2 heterocycles. The Morgan fingerprint density at radius 1 is 1.61 bits per heavy atom. The highest BCUT2D eigenvalue weighted by Crippen LogP contribution is 2.20. The predicted molar refractivity (Wildman–Crippen MR) is 72.8 cm³/mol. The van der Waals surface area contributed by atoms with Crippen LogP contribution in [-0.2, 0) is 7.05 Å². The molecule has 4 nitrogen and oxygen atoms in total. The minimum absolute atomic E-state index is 0.00268. The van der Waals surface area contributed by atoms with Crippen molar-refractivity contribution >= 4 is 17.2 Å². The number of rotatable bonds is 4. The van der Waals surface area contributed by atoms with E-state index in [1.54, 1.807) is 17.5 Å². The monoisotopic (exact) mass is 263 g/mol. The summed E-state index contributed by atoms with van der Waals surface area (Å²) in [6.07, 6.45) is 4.50. The van der Waals surface area contributed by atoms with Gasteiger partial charge < -0.3 is 9.88 Å². The van der Waals surface area contributed by atoms with E-state index in [-0.39, 0.29) is 11.9 Å². The first-order valence-electron chi connectivity index (χ1n) is 5.95. The van der Waals surface area contributed by atoms with E-state index in [1.165, 1.54) is 0 Å². The Balaban J connectivity index is 2.13. The lowest BCUT2D eigenvalue weighted by molar-refractivity contribution is 0.0935. The molecule has 2 rings (SSSR count). The lowest BCUT2D eigenvalue weighted by Gasteiger charge is -2.14. The van der Waals surface area contributed by atoms with Gasteiger partial charge in [-0.25, -0.2) is 4.98 Å². The van der Waals surface area contributed by atoms with Crippen LogP contribution in [0.25, 0.3) is 0 Å². The van der Waals surface area contributed by atoms with Gasteiger partial charge in [-0.15, -0.1) is 11.3 Å².